The summed E-state index contributed by atoms with van der Waals surface area (Å²) in [6.45, 7) is 5.26. The minimum Gasteiger partial charge on any atom is -0.423 e. The summed E-state index contributed by atoms with van der Waals surface area (Å²) in [6, 6.07) is 5.45. The van der Waals surface area contributed by atoms with Gasteiger partial charge < -0.3 is 14.2 Å². The fourth-order valence-corrected chi connectivity index (χ4v) is 3.86. The number of carbonyl (C=O) groups is 1. The number of hydrogen-bond acceptors (Lipinski definition) is 4. The molecule has 0 saturated carbocycles. The van der Waals surface area contributed by atoms with Crippen LogP contribution in [0.4, 0.5) is 10.4 Å². The molecule has 2 saturated heterocycles. The van der Waals surface area contributed by atoms with Crippen LogP contribution in [0.1, 0.15) is 20.3 Å². The van der Waals surface area contributed by atoms with Gasteiger partial charge >= 0.3 is 0 Å². The quantitative estimate of drug-likeness (QED) is 0.812. The van der Waals surface area contributed by atoms with Gasteiger partial charge in [-0.25, -0.2) is 4.39 Å². The second-order valence-corrected chi connectivity index (χ2v) is 6.35. The van der Waals surface area contributed by atoms with Gasteiger partial charge in [0.25, 0.3) is 6.01 Å². The molecule has 1 aromatic heterocycles. The van der Waals surface area contributed by atoms with Gasteiger partial charge in [0, 0.05) is 38.0 Å². The van der Waals surface area contributed by atoms with Crippen LogP contribution in [0.3, 0.4) is 0 Å². The van der Waals surface area contributed by atoms with Crippen molar-refractivity contribution in [3.05, 3.63) is 24.0 Å². The lowest BCUT2D eigenvalue weighted by molar-refractivity contribution is -0.128. The standard InChI is InChI=1S/C16H18FN3O2/c1-9-5-11-7-19(10(2)21)8-14(11)20(9)16-18-13-4-3-12(17)6-15(13)22-16/h3-4,6,9,11,14H,5,7-8H2,1-2H3. The number of nitrogens with zero attached hydrogens (tertiary/aromatic N) is 3. The first kappa shape index (κ1) is 13.5. The van der Waals surface area contributed by atoms with E-state index >= 15 is 0 Å². The van der Waals surface area contributed by atoms with E-state index in [0.717, 1.165) is 13.0 Å². The molecule has 3 atom stereocenters. The van der Waals surface area contributed by atoms with E-state index in [1.165, 1.54) is 12.1 Å². The summed E-state index contributed by atoms with van der Waals surface area (Å²) in [5, 5.41) is 0. The minimum atomic E-state index is -0.328. The maximum atomic E-state index is 13.3. The van der Waals surface area contributed by atoms with E-state index in [1.807, 2.05) is 4.90 Å². The predicted molar refractivity (Wildman–Crippen MR) is 80.1 cm³/mol. The maximum Gasteiger partial charge on any atom is 0.298 e. The van der Waals surface area contributed by atoms with Crippen LogP contribution >= 0.6 is 0 Å². The van der Waals surface area contributed by atoms with Gasteiger partial charge in [0.15, 0.2) is 5.58 Å². The Morgan fingerprint density at radius 3 is 3.00 bits per heavy atom. The Balaban J connectivity index is 1.69. The Kier molecular flexibility index (Phi) is 2.89. The van der Waals surface area contributed by atoms with Gasteiger partial charge in [-0.3, -0.25) is 4.79 Å². The number of anilines is 1. The Hall–Kier alpha value is -2.11. The van der Waals surface area contributed by atoms with E-state index in [0.29, 0.717) is 35.6 Å². The van der Waals surface area contributed by atoms with Crippen LogP contribution < -0.4 is 4.90 Å². The maximum absolute atomic E-state index is 13.3. The summed E-state index contributed by atoms with van der Waals surface area (Å²) in [6.07, 6.45) is 1.02. The van der Waals surface area contributed by atoms with E-state index in [9.17, 15) is 9.18 Å². The second kappa shape index (κ2) is 4.69. The van der Waals surface area contributed by atoms with Crippen LogP contribution in [0.15, 0.2) is 22.6 Å². The number of hydrogen-bond donors (Lipinski definition) is 0. The summed E-state index contributed by atoms with van der Waals surface area (Å²) in [5.41, 5.74) is 1.13. The molecule has 3 unspecified atom stereocenters. The molecule has 2 fully saturated rings. The topological polar surface area (TPSA) is 49.6 Å². The fraction of sp³-hybridized carbons (Fsp3) is 0.500. The van der Waals surface area contributed by atoms with Crippen LogP contribution in [0.25, 0.3) is 11.1 Å². The molecule has 2 aliphatic heterocycles. The van der Waals surface area contributed by atoms with Gasteiger partial charge in [-0.05, 0) is 25.5 Å². The number of amides is 1. The fourth-order valence-electron chi connectivity index (χ4n) is 3.86. The Labute approximate surface area is 127 Å². The van der Waals surface area contributed by atoms with Crippen molar-refractivity contribution < 1.29 is 13.6 Å². The number of oxazole rings is 1. The third-order valence-corrected chi connectivity index (χ3v) is 4.89. The molecule has 2 aromatic rings. The number of benzene rings is 1. The van der Waals surface area contributed by atoms with E-state index in [-0.39, 0.29) is 17.8 Å². The van der Waals surface area contributed by atoms with Crippen molar-refractivity contribution in [3.63, 3.8) is 0 Å². The highest BCUT2D eigenvalue weighted by Crippen LogP contribution is 2.39. The zero-order valence-electron chi connectivity index (χ0n) is 12.6. The van der Waals surface area contributed by atoms with Crippen molar-refractivity contribution in [2.75, 3.05) is 18.0 Å². The smallest absolute Gasteiger partial charge is 0.298 e. The summed E-state index contributed by atoms with van der Waals surface area (Å²) < 4.78 is 19.1. The number of carbonyl (C=O) groups excluding carboxylic acids is 1. The molecule has 2 aliphatic rings. The van der Waals surface area contributed by atoms with Crippen molar-refractivity contribution in [1.82, 2.24) is 9.88 Å². The first-order valence-corrected chi connectivity index (χ1v) is 7.63. The van der Waals surface area contributed by atoms with Crippen molar-refractivity contribution in [3.8, 4) is 0 Å². The molecule has 0 spiro atoms. The second-order valence-electron chi connectivity index (χ2n) is 6.35. The molecule has 0 radical (unpaired) electrons. The molecule has 116 valence electrons. The highest BCUT2D eigenvalue weighted by molar-refractivity contribution is 5.75. The third-order valence-electron chi connectivity index (χ3n) is 4.89. The van der Waals surface area contributed by atoms with Crippen molar-refractivity contribution in [2.24, 2.45) is 5.92 Å². The largest absolute Gasteiger partial charge is 0.423 e. The van der Waals surface area contributed by atoms with Crippen molar-refractivity contribution in [2.45, 2.75) is 32.4 Å². The lowest BCUT2D eigenvalue weighted by Gasteiger charge is -2.26. The van der Waals surface area contributed by atoms with E-state index in [4.69, 9.17) is 4.42 Å². The van der Waals surface area contributed by atoms with Crippen molar-refractivity contribution in [1.29, 1.82) is 0 Å². The number of halogens is 1. The molecule has 1 aromatic carbocycles. The highest BCUT2D eigenvalue weighted by Gasteiger charge is 2.47. The average Bonchev–Trinajstić information content (AvgIpc) is 3.09. The van der Waals surface area contributed by atoms with Gasteiger partial charge in [0.05, 0.1) is 6.04 Å². The van der Waals surface area contributed by atoms with Gasteiger partial charge in [-0.15, -0.1) is 0 Å². The van der Waals surface area contributed by atoms with Crippen LogP contribution in [0, 0.1) is 11.7 Å². The Morgan fingerprint density at radius 1 is 1.41 bits per heavy atom. The molecule has 1 amide bonds. The predicted octanol–water partition coefficient (Wildman–Crippen LogP) is 2.41. The van der Waals surface area contributed by atoms with Crippen molar-refractivity contribution >= 4 is 23.0 Å². The first-order chi connectivity index (χ1) is 10.5. The molecule has 0 aliphatic carbocycles. The lowest BCUT2D eigenvalue weighted by atomic mass is 10.0. The van der Waals surface area contributed by atoms with E-state index in [1.54, 1.807) is 13.0 Å². The van der Waals surface area contributed by atoms with Crippen LogP contribution in [0.2, 0.25) is 0 Å². The number of fused-ring (bicyclic) bond motifs is 2. The Morgan fingerprint density at radius 2 is 2.23 bits per heavy atom. The molecule has 6 heteroatoms. The number of likely N-dealkylation sites (tertiary alicyclic amines) is 1. The van der Waals surface area contributed by atoms with Gasteiger partial charge in [0.2, 0.25) is 5.91 Å². The average molecular weight is 303 g/mol. The van der Waals surface area contributed by atoms with Gasteiger partial charge in [-0.1, -0.05) is 0 Å². The van der Waals surface area contributed by atoms with Gasteiger partial charge in [0.1, 0.15) is 11.3 Å². The molecular weight excluding hydrogens is 285 g/mol. The molecular formula is C16H18FN3O2. The summed E-state index contributed by atoms with van der Waals surface area (Å²) >= 11 is 0. The monoisotopic (exact) mass is 303 g/mol. The zero-order valence-corrected chi connectivity index (χ0v) is 12.6. The SMILES string of the molecule is CC(=O)N1CC2CC(C)N(c3nc4ccc(F)cc4o3)C2C1. The van der Waals surface area contributed by atoms with Crippen LogP contribution in [-0.4, -0.2) is 41.0 Å². The molecule has 0 N–H and O–H groups in total. The zero-order chi connectivity index (χ0) is 15.4. The molecule has 22 heavy (non-hydrogen) atoms. The van der Waals surface area contributed by atoms with Crippen LogP contribution in [0.5, 0.6) is 0 Å². The lowest BCUT2D eigenvalue weighted by Crippen LogP contribution is -2.40. The summed E-state index contributed by atoms with van der Waals surface area (Å²) in [4.78, 5) is 20.2. The normalized spacial score (nSPS) is 27.7. The van der Waals surface area contributed by atoms with Gasteiger partial charge in [-0.2, -0.15) is 4.98 Å². The Bertz CT molecular complexity index is 744. The minimum absolute atomic E-state index is 0.113. The van der Waals surface area contributed by atoms with E-state index in [2.05, 4.69) is 16.8 Å². The van der Waals surface area contributed by atoms with Crippen LogP contribution in [-0.2, 0) is 4.79 Å². The summed E-state index contributed by atoms with van der Waals surface area (Å²) in [7, 11) is 0. The highest BCUT2D eigenvalue weighted by atomic mass is 19.1. The molecule has 4 rings (SSSR count). The number of rotatable bonds is 1. The molecule has 0 bridgehead atoms. The molecule has 3 heterocycles. The first-order valence-electron chi connectivity index (χ1n) is 7.63. The molecule has 5 nitrogen and oxygen atoms in total. The number of aromatic nitrogens is 1. The third kappa shape index (κ3) is 1.97. The summed E-state index contributed by atoms with van der Waals surface area (Å²) in [5.74, 6) is 0.235. The van der Waals surface area contributed by atoms with E-state index < -0.39 is 0 Å².